The van der Waals surface area contributed by atoms with Crippen LogP contribution in [0.1, 0.15) is 35.6 Å². The molecule has 2 aromatic carbocycles. The zero-order valence-corrected chi connectivity index (χ0v) is 14.0. The number of hydrogen-bond donors (Lipinski definition) is 2. The fourth-order valence-electron chi connectivity index (χ4n) is 3.84. The van der Waals surface area contributed by atoms with Gasteiger partial charge in [0, 0.05) is 12.5 Å². The lowest BCUT2D eigenvalue weighted by Gasteiger charge is -2.27. The maximum Gasteiger partial charge on any atom is 0.0830 e. The Morgan fingerprint density at radius 1 is 1.04 bits per heavy atom. The number of rotatable bonds is 3. The van der Waals surface area contributed by atoms with Crippen molar-refractivity contribution < 1.29 is 9.84 Å². The predicted molar refractivity (Wildman–Crippen MR) is 95.8 cm³/mol. The summed E-state index contributed by atoms with van der Waals surface area (Å²) in [5.41, 5.74) is 6.19. The highest BCUT2D eigenvalue weighted by Gasteiger charge is 2.22. The topological polar surface area (TPSA) is 41.5 Å². The van der Waals surface area contributed by atoms with Gasteiger partial charge >= 0.3 is 0 Å². The van der Waals surface area contributed by atoms with E-state index in [1.54, 1.807) is 0 Å². The Bertz CT molecular complexity index is 689. The number of piperidine rings is 1. The Labute approximate surface area is 143 Å². The molecule has 2 heterocycles. The summed E-state index contributed by atoms with van der Waals surface area (Å²) in [5, 5.41) is 14.0. The molecule has 3 heteroatoms. The third kappa shape index (κ3) is 3.25. The highest BCUT2D eigenvalue weighted by Crippen LogP contribution is 2.30. The number of hydrogen-bond acceptors (Lipinski definition) is 3. The van der Waals surface area contributed by atoms with E-state index in [-0.39, 0.29) is 6.10 Å². The van der Waals surface area contributed by atoms with E-state index in [0.717, 1.165) is 51.1 Å². The quantitative estimate of drug-likeness (QED) is 0.909. The van der Waals surface area contributed by atoms with Crippen molar-refractivity contribution in [3.63, 3.8) is 0 Å². The number of benzene rings is 2. The molecule has 0 saturated carbocycles. The minimum absolute atomic E-state index is 0.327. The average molecular weight is 323 g/mol. The van der Waals surface area contributed by atoms with E-state index in [0.29, 0.717) is 5.92 Å². The van der Waals surface area contributed by atoms with Crippen molar-refractivity contribution in [1.29, 1.82) is 0 Å². The summed E-state index contributed by atoms with van der Waals surface area (Å²) in [4.78, 5) is 0. The first-order valence-corrected chi connectivity index (χ1v) is 9.00. The van der Waals surface area contributed by atoms with E-state index < -0.39 is 0 Å². The maximum absolute atomic E-state index is 10.6. The molecule has 0 aromatic heterocycles. The molecule has 2 aromatic rings. The molecule has 0 aliphatic carbocycles. The molecule has 0 radical (unpaired) electrons. The highest BCUT2D eigenvalue weighted by molar-refractivity contribution is 5.65. The molecule has 1 fully saturated rings. The van der Waals surface area contributed by atoms with Crippen LogP contribution in [0.5, 0.6) is 0 Å². The Kier molecular flexibility index (Phi) is 4.65. The molecule has 1 saturated heterocycles. The lowest BCUT2D eigenvalue weighted by Crippen LogP contribution is -2.33. The van der Waals surface area contributed by atoms with E-state index in [1.807, 2.05) is 0 Å². The van der Waals surface area contributed by atoms with E-state index in [4.69, 9.17) is 4.74 Å². The third-order valence-corrected chi connectivity index (χ3v) is 5.35. The van der Waals surface area contributed by atoms with Crippen LogP contribution in [0.15, 0.2) is 42.5 Å². The van der Waals surface area contributed by atoms with Crippen molar-refractivity contribution >= 4 is 0 Å². The fourth-order valence-corrected chi connectivity index (χ4v) is 3.84. The van der Waals surface area contributed by atoms with Crippen LogP contribution in [0, 0.1) is 5.92 Å². The van der Waals surface area contributed by atoms with Crippen LogP contribution < -0.4 is 5.32 Å². The van der Waals surface area contributed by atoms with Gasteiger partial charge in [0.15, 0.2) is 0 Å². The number of aliphatic hydroxyl groups is 1. The summed E-state index contributed by atoms with van der Waals surface area (Å²) >= 11 is 0. The Hall–Kier alpha value is -1.68. The summed E-state index contributed by atoms with van der Waals surface area (Å²) in [6.45, 7) is 3.54. The van der Waals surface area contributed by atoms with Crippen LogP contribution in [0.4, 0.5) is 0 Å². The van der Waals surface area contributed by atoms with Gasteiger partial charge in [0.25, 0.3) is 0 Å². The Balaban J connectivity index is 1.53. The van der Waals surface area contributed by atoms with Gasteiger partial charge in [-0.25, -0.2) is 0 Å². The number of fused-ring (bicyclic) bond motifs is 1. The second-order valence-electron chi connectivity index (χ2n) is 6.96. The molecule has 2 N–H and O–H groups in total. The van der Waals surface area contributed by atoms with E-state index in [1.165, 1.54) is 22.3 Å². The molecule has 0 bridgehead atoms. The first kappa shape index (κ1) is 15.8. The van der Waals surface area contributed by atoms with Crippen LogP contribution in [0.3, 0.4) is 0 Å². The minimum Gasteiger partial charge on any atom is -0.388 e. The van der Waals surface area contributed by atoms with Gasteiger partial charge in [0.2, 0.25) is 0 Å². The predicted octanol–water partition coefficient (Wildman–Crippen LogP) is 3.46. The van der Waals surface area contributed by atoms with Crippen LogP contribution in [0.25, 0.3) is 11.1 Å². The van der Waals surface area contributed by atoms with Crippen molar-refractivity contribution in [3.05, 3.63) is 59.2 Å². The largest absolute Gasteiger partial charge is 0.388 e. The van der Waals surface area contributed by atoms with E-state index >= 15 is 0 Å². The molecule has 0 spiro atoms. The summed E-state index contributed by atoms with van der Waals surface area (Å²) < 4.78 is 5.51. The van der Waals surface area contributed by atoms with Crippen LogP contribution in [-0.4, -0.2) is 24.8 Å². The number of nitrogens with one attached hydrogen (secondary N) is 1. The number of ether oxygens (including phenoxy) is 1. The molecule has 2 unspecified atom stereocenters. The summed E-state index contributed by atoms with van der Waals surface area (Å²) in [5.74, 6) is 0.327. The Morgan fingerprint density at radius 2 is 1.88 bits per heavy atom. The first-order valence-electron chi connectivity index (χ1n) is 9.00. The average Bonchev–Trinajstić information content (AvgIpc) is 2.68. The smallest absolute Gasteiger partial charge is 0.0830 e. The Morgan fingerprint density at radius 3 is 2.67 bits per heavy atom. The van der Waals surface area contributed by atoms with Gasteiger partial charge in [-0.1, -0.05) is 42.5 Å². The van der Waals surface area contributed by atoms with Crippen molar-refractivity contribution in [2.75, 3.05) is 19.7 Å². The molecule has 3 nitrogen and oxygen atoms in total. The fraction of sp³-hybridized carbons (Fsp3) is 0.429. The maximum atomic E-state index is 10.6. The molecule has 2 aliphatic rings. The van der Waals surface area contributed by atoms with Crippen molar-refractivity contribution in [1.82, 2.24) is 5.32 Å². The lowest BCUT2D eigenvalue weighted by molar-refractivity contribution is 0.0922. The zero-order chi connectivity index (χ0) is 16.4. The van der Waals surface area contributed by atoms with Crippen molar-refractivity contribution in [2.45, 2.75) is 32.0 Å². The first-order chi connectivity index (χ1) is 11.8. The van der Waals surface area contributed by atoms with Gasteiger partial charge in [-0.05, 0) is 53.6 Å². The molecule has 2 aliphatic heterocycles. The second-order valence-corrected chi connectivity index (χ2v) is 6.96. The summed E-state index contributed by atoms with van der Waals surface area (Å²) in [6, 6.07) is 15.1. The summed E-state index contributed by atoms with van der Waals surface area (Å²) in [6.07, 6.45) is 2.88. The van der Waals surface area contributed by atoms with Gasteiger partial charge in [-0.3, -0.25) is 0 Å². The van der Waals surface area contributed by atoms with Crippen LogP contribution in [0.2, 0.25) is 0 Å². The monoisotopic (exact) mass is 323 g/mol. The van der Waals surface area contributed by atoms with Gasteiger partial charge in [0.1, 0.15) is 0 Å². The molecule has 2 atom stereocenters. The molecule has 4 rings (SSSR count). The number of aliphatic hydroxyl groups excluding tert-OH is 1. The zero-order valence-electron chi connectivity index (χ0n) is 14.0. The normalized spacial score (nSPS) is 22.0. The SMILES string of the molecule is OC(c1ccc(-c2ccc3c(c2)CCOC3)cc1)C1CCCNC1. The van der Waals surface area contributed by atoms with E-state index in [2.05, 4.69) is 47.8 Å². The van der Waals surface area contributed by atoms with Crippen molar-refractivity contribution in [3.8, 4) is 11.1 Å². The van der Waals surface area contributed by atoms with E-state index in [9.17, 15) is 5.11 Å². The summed E-state index contributed by atoms with van der Waals surface area (Å²) in [7, 11) is 0. The molecular formula is C21H25NO2. The third-order valence-electron chi connectivity index (χ3n) is 5.35. The minimum atomic E-state index is -0.368. The van der Waals surface area contributed by atoms with Gasteiger partial charge in [-0.2, -0.15) is 0 Å². The van der Waals surface area contributed by atoms with Crippen molar-refractivity contribution in [2.24, 2.45) is 5.92 Å². The van der Waals surface area contributed by atoms with Crippen LogP contribution in [-0.2, 0) is 17.8 Å². The standard InChI is InChI=1S/C21H25NO2/c23-21(19-2-1-10-22-13-19)16-5-3-15(4-6-16)17-7-8-20-14-24-11-9-18(20)12-17/h3-8,12,19,21-23H,1-2,9-11,13-14H2. The highest BCUT2D eigenvalue weighted by atomic mass is 16.5. The van der Waals surface area contributed by atoms with Gasteiger partial charge in [0.05, 0.1) is 19.3 Å². The van der Waals surface area contributed by atoms with Crippen LogP contribution >= 0.6 is 0 Å². The molecule has 126 valence electrons. The molecular weight excluding hydrogens is 298 g/mol. The lowest BCUT2D eigenvalue weighted by atomic mass is 9.88. The second kappa shape index (κ2) is 7.06. The van der Waals surface area contributed by atoms with Gasteiger partial charge in [-0.15, -0.1) is 0 Å². The molecule has 24 heavy (non-hydrogen) atoms. The molecule has 0 amide bonds. The van der Waals surface area contributed by atoms with Gasteiger partial charge < -0.3 is 15.2 Å².